The van der Waals surface area contributed by atoms with Crippen molar-refractivity contribution in [3.63, 3.8) is 0 Å². The fourth-order valence-electron chi connectivity index (χ4n) is 5.30. The number of rotatable bonds is 4. The Morgan fingerprint density at radius 2 is 1.90 bits per heavy atom. The van der Waals surface area contributed by atoms with E-state index in [2.05, 4.69) is 26.0 Å². The van der Waals surface area contributed by atoms with E-state index in [-0.39, 0.29) is 0 Å². The van der Waals surface area contributed by atoms with Crippen LogP contribution in [0.4, 0.5) is 5.69 Å². The first-order valence-corrected chi connectivity index (χ1v) is 13.8. The van der Waals surface area contributed by atoms with Crippen LogP contribution in [0.1, 0.15) is 22.6 Å². The number of ether oxygens (including phenoxy) is 2. The van der Waals surface area contributed by atoms with Crippen molar-refractivity contribution in [2.45, 2.75) is 5.92 Å². The van der Waals surface area contributed by atoms with Crippen LogP contribution in [-0.2, 0) is 0 Å². The normalized spacial score (nSPS) is 14.0. The maximum absolute atomic E-state index is 13.7. The van der Waals surface area contributed by atoms with Gasteiger partial charge in [0.1, 0.15) is 17.7 Å². The molecular weight excluding hydrogens is 610 g/mol. The van der Waals surface area contributed by atoms with Gasteiger partial charge in [-0.25, -0.2) is 19.3 Å². The van der Waals surface area contributed by atoms with E-state index in [1.54, 1.807) is 42.2 Å². The average Bonchev–Trinajstić information content (AvgIpc) is 3.40. The van der Waals surface area contributed by atoms with E-state index in [4.69, 9.17) is 30.5 Å². The lowest BCUT2D eigenvalue weighted by Gasteiger charge is -2.28. The number of aromatic nitrogens is 4. The molecule has 204 valence electrons. The number of halogens is 2. The molecule has 3 aromatic carbocycles. The summed E-state index contributed by atoms with van der Waals surface area (Å²) in [5.41, 5.74) is 3.79. The van der Waals surface area contributed by atoms with Crippen LogP contribution in [0, 0.1) is 0 Å². The van der Waals surface area contributed by atoms with Crippen molar-refractivity contribution in [2.75, 3.05) is 26.1 Å². The second-order valence-corrected chi connectivity index (χ2v) is 11.1. The fourth-order valence-corrected chi connectivity index (χ4v) is 6.22. The summed E-state index contributed by atoms with van der Waals surface area (Å²) in [4.78, 5) is 25.2. The Kier molecular flexibility index (Phi) is 5.98. The highest BCUT2D eigenvalue weighted by atomic mass is 79.9. The van der Waals surface area contributed by atoms with E-state index in [0.29, 0.717) is 61.5 Å². The van der Waals surface area contributed by atoms with Crippen molar-refractivity contribution in [3.05, 3.63) is 104 Å². The van der Waals surface area contributed by atoms with E-state index in [1.165, 1.54) is 0 Å². The second-order valence-electron chi connectivity index (χ2n) is 9.78. The smallest absolute Gasteiger partial charge is 0.344 e. The molecule has 7 rings (SSSR count). The zero-order valence-electron chi connectivity index (χ0n) is 22.1. The number of nitrogens with zero attached hydrogens (tertiary/aromatic N) is 5. The van der Waals surface area contributed by atoms with Gasteiger partial charge in [-0.05, 0) is 64.0 Å². The Morgan fingerprint density at radius 1 is 1.07 bits per heavy atom. The summed E-state index contributed by atoms with van der Waals surface area (Å²) in [6.07, 6.45) is 1.54. The average molecular weight is 631 g/mol. The fraction of sp³-hybridized carbons (Fsp3) is 0.133. The summed E-state index contributed by atoms with van der Waals surface area (Å²) >= 11 is 10.0. The molecule has 0 N–H and O–H groups in total. The van der Waals surface area contributed by atoms with Crippen molar-refractivity contribution in [1.82, 2.24) is 19.6 Å². The minimum Gasteiger partial charge on any atom is -0.496 e. The molecule has 11 heteroatoms. The molecule has 1 aliphatic rings. The lowest BCUT2D eigenvalue weighted by molar-refractivity contribution is 0.416. The van der Waals surface area contributed by atoms with Gasteiger partial charge in [0.2, 0.25) is 5.88 Å². The van der Waals surface area contributed by atoms with Crippen LogP contribution in [-0.4, -0.2) is 40.8 Å². The zero-order chi connectivity index (χ0) is 28.4. The predicted molar refractivity (Wildman–Crippen MR) is 160 cm³/mol. The SMILES string of the molecule is COc1ccc(Cl)cc1-c1nc2c3c(ncn2n1)Oc1c(c(=O)oc2ccccc12)C3c1ccc(N(C)C)c(Br)c1. The van der Waals surface area contributed by atoms with Crippen molar-refractivity contribution in [2.24, 2.45) is 0 Å². The summed E-state index contributed by atoms with van der Waals surface area (Å²) in [6, 6.07) is 18.5. The van der Waals surface area contributed by atoms with Crippen LogP contribution in [0.25, 0.3) is 28.0 Å². The van der Waals surface area contributed by atoms with Gasteiger partial charge in [-0.2, -0.15) is 0 Å². The van der Waals surface area contributed by atoms with Gasteiger partial charge < -0.3 is 18.8 Å². The lowest BCUT2D eigenvalue weighted by atomic mass is 9.84. The van der Waals surface area contributed by atoms with Gasteiger partial charge in [0, 0.05) is 23.6 Å². The van der Waals surface area contributed by atoms with Crippen molar-refractivity contribution < 1.29 is 13.9 Å². The molecule has 0 aliphatic carbocycles. The molecule has 0 amide bonds. The van der Waals surface area contributed by atoms with E-state index in [9.17, 15) is 4.79 Å². The van der Waals surface area contributed by atoms with Crippen molar-refractivity contribution >= 4 is 49.8 Å². The van der Waals surface area contributed by atoms with Gasteiger partial charge in [0.25, 0.3) is 0 Å². The standard InChI is InChI=1S/C30H21BrClN5O4/c1-36(2)20-10-8-15(12-19(20)31)23-24-26(17-6-4-5-7-22(17)40-30(24)38)41-29-25(23)28-34-27(35-37(28)14-33-29)18-13-16(32)9-11-21(18)39-3/h4-14,23H,1-3H3. The molecular formula is C30H21BrClN5O4. The quantitative estimate of drug-likeness (QED) is 0.199. The minimum absolute atomic E-state index is 0.329. The van der Waals surface area contributed by atoms with Crippen LogP contribution in [0.2, 0.25) is 5.02 Å². The Labute approximate surface area is 247 Å². The molecule has 0 fully saturated rings. The molecule has 9 nitrogen and oxygen atoms in total. The summed E-state index contributed by atoms with van der Waals surface area (Å²) in [5.74, 6) is 1.09. The number of methoxy groups -OCH3 is 1. The van der Waals surface area contributed by atoms with Gasteiger partial charge in [-0.15, -0.1) is 5.10 Å². The summed E-state index contributed by atoms with van der Waals surface area (Å²) in [7, 11) is 5.51. The topological polar surface area (TPSA) is 95.0 Å². The highest BCUT2D eigenvalue weighted by Gasteiger charge is 2.38. The minimum atomic E-state index is -0.614. The monoisotopic (exact) mass is 629 g/mol. The maximum Gasteiger partial charge on any atom is 0.344 e. The van der Waals surface area contributed by atoms with Gasteiger partial charge in [-0.1, -0.05) is 29.8 Å². The third-order valence-electron chi connectivity index (χ3n) is 7.15. The number of fused-ring (bicyclic) bond motifs is 6. The molecule has 1 aliphatic heterocycles. The van der Waals surface area contributed by atoms with Gasteiger partial charge in [0.05, 0.1) is 40.8 Å². The van der Waals surface area contributed by atoms with Crippen LogP contribution < -0.4 is 20.0 Å². The molecule has 0 saturated heterocycles. The highest BCUT2D eigenvalue weighted by molar-refractivity contribution is 9.10. The molecule has 0 saturated carbocycles. The first-order valence-electron chi connectivity index (χ1n) is 12.6. The Hall–Kier alpha value is -4.41. The maximum atomic E-state index is 13.7. The molecule has 1 unspecified atom stereocenters. The van der Waals surface area contributed by atoms with Crippen LogP contribution in [0.15, 0.2) is 80.7 Å². The Morgan fingerprint density at radius 3 is 2.68 bits per heavy atom. The van der Waals surface area contributed by atoms with Crippen molar-refractivity contribution in [3.8, 4) is 28.8 Å². The number of anilines is 1. The number of hydrogen-bond acceptors (Lipinski definition) is 8. The summed E-state index contributed by atoms with van der Waals surface area (Å²) in [6.45, 7) is 0. The Bertz CT molecular complexity index is 2070. The number of benzene rings is 3. The molecule has 0 bridgehead atoms. The Balaban J connectivity index is 1.54. The number of para-hydroxylation sites is 1. The third-order valence-corrected chi connectivity index (χ3v) is 8.02. The lowest BCUT2D eigenvalue weighted by Crippen LogP contribution is -2.22. The van der Waals surface area contributed by atoms with Gasteiger partial charge in [0.15, 0.2) is 17.2 Å². The van der Waals surface area contributed by atoms with Gasteiger partial charge >= 0.3 is 5.63 Å². The van der Waals surface area contributed by atoms with Gasteiger partial charge in [-0.3, -0.25) is 0 Å². The van der Waals surface area contributed by atoms with E-state index in [1.807, 2.05) is 55.4 Å². The zero-order valence-corrected chi connectivity index (χ0v) is 24.4. The molecule has 3 aromatic heterocycles. The molecule has 4 heterocycles. The first-order chi connectivity index (χ1) is 19.8. The molecule has 1 atom stereocenters. The number of hydrogen-bond donors (Lipinski definition) is 0. The van der Waals surface area contributed by atoms with Crippen molar-refractivity contribution in [1.29, 1.82) is 0 Å². The largest absolute Gasteiger partial charge is 0.496 e. The van der Waals surface area contributed by atoms with E-state index < -0.39 is 11.5 Å². The predicted octanol–water partition coefficient (Wildman–Crippen LogP) is 6.67. The molecule has 41 heavy (non-hydrogen) atoms. The highest BCUT2D eigenvalue weighted by Crippen LogP contribution is 2.49. The van der Waals surface area contributed by atoms with E-state index >= 15 is 0 Å². The molecule has 0 radical (unpaired) electrons. The molecule has 0 spiro atoms. The van der Waals surface area contributed by atoms with Crippen LogP contribution in [0.5, 0.6) is 17.4 Å². The first kappa shape index (κ1) is 25.6. The second kappa shape index (κ2) is 9.60. The third kappa shape index (κ3) is 4.05. The van der Waals surface area contributed by atoms with E-state index in [0.717, 1.165) is 15.7 Å². The summed E-state index contributed by atoms with van der Waals surface area (Å²) < 4.78 is 20.2. The van der Waals surface area contributed by atoms with Crippen LogP contribution >= 0.6 is 27.5 Å². The molecule has 6 aromatic rings. The summed E-state index contributed by atoms with van der Waals surface area (Å²) in [5, 5.41) is 5.88. The van der Waals surface area contributed by atoms with Crippen LogP contribution in [0.3, 0.4) is 0 Å².